The Labute approximate surface area is 128 Å². The molecule has 5 nitrogen and oxygen atoms in total. The number of esters is 1. The molecule has 0 aliphatic rings. The molecular weight excluding hydrogens is 282 g/mol. The van der Waals surface area contributed by atoms with E-state index in [0.717, 1.165) is 5.56 Å². The van der Waals surface area contributed by atoms with E-state index in [1.165, 1.54) is 13.2 Å². The molecule has 0 unspecified atom stereocenters. The number of nitrogens with zero attached hydrogens (tertiary/aromatic N) is 1. The van der Waals surface area contributed by atoms with E-state index >= 15 is 0 Å². The maximum atomic E-state index is 12.0. The van der Waals surface area contributed by atoms with Gasteiger partial charge in [0.1, 0.15) is 5.76 Å². The van der Waals surface area contributed by atoms with Crippen LogP contribution in [0, 0.1) is 0 Å². The molecule has 0 saturated carbocycles. The van der Waals surface area contributed by atoms with Gasteiger partial charge in [0, 0.05) is 19.7 Å². The van der Waals surface area contributed by atoms with Crippen molar-refractivity contribution in [2.45, 2.75) is 6.54 Å². The van der Waals surface area contributed by atoms with Crippen molar-refractivity contribution < 1.29 is 18.7 Å². The number of rotatable bonds is 5. The van der Waals surface area contributed by atoms with E-state index in [4.69, 9.17) is 4.42 Å². The Bertz CT molecular complexity index is 656. The first kappa shape index (κ1) is 15.6. The minimum absolute atomic E-state index is 0.131. The molecule has 0 atom stereocenters. The smallest absolute Gasteiger partial charge is 0.337 e. The minimum atomic E-state index is -0.377. The number of amides is 1. The molecule has 0 saturated heterocycles. The van der Waals surface area contributed by atoms with Crippen molar-refractivity contribution in [1.82, 2.24) is 4.90 Å². The van der Waals surface area contributed by atoms with Crippen LogP contribution in [0.15, 0.2) is 53.2 Å². The maximum Gasteiger partial charge on any atom is 0.337 e. The molecule has 0 spiro atoms. The zero-order valence-corrected chi connectivity index (χ0v) is 12.5. The number of benzene rings is 1. The molecule has 22 heavy (non-hydrogen) atoms. The highest BCUT2D eigenvalue weighted by Crippen LogP contribution is 2.09. The summed E-state index contributed by atoms with van der Waals surface area (Å²) in [4.78, 5) is 24.9. The number of ether oxygens (including phenoxy) is 1. The van der Waals surface area contributed by atoms with Gasteiger partial charge in [-0.05, 0) is 35.9 Å². The minimum Gasteiger partial charge on any atom is -0.465 e. The standard InChI is InChI=1S/C17H17NO4/c1-18(16(19)10-9-15-4-3-11-22-15)12-13-5-7-14(8-6-13)17(20)21-2/h3-11H,12H2,1-2H3. The zero-order valence-electron chi connectivity index (χ0n) is 12.5. The third-order valence-corrected chi connectivity index (χ3v) is 3.10. The highest BCUT2D eigenvalue weighted by atomic mass is 16.5. The van der Waals surface area contributed by atoms with Crippen LogP contribution in [0.25, 0.3) is 6.08 Å². The number of likely N-dealkylation sites (N-methyl/N-ethyl adjacent to an activating group) is 1. The Kier molecular flexibility index (Phi) is 5.14. The van der Waals surface area contributed by atoms with E-state index in [0.29, 0.717) is 17.9 Å². The third-order valence-electron chi connectivity index (χ3n) is 3.10. The number of methoxy groups -OCH3 is 1. The summed E-state index contributed by atoms with van der Waals surface area (Å²) < 4.78 is 9.77. The largest absolute Gasteiger partial charge is 0.465 e. The monoisotopic (exact) mass is 299 g/mol. The fourth-order valence-electron chi connectivity index (χ4n) is 1.88. The van der Waals surface area contributed by atoms with Crippen LogP contribution < -0.4 is 0 Å². The molecule has 1 aromatic carbocycles. The summed E-state index contributed by atoms with van der Waals surface area (Å²) in [6.07, 6.45) is 4.64. The lowest BCUT2D eigenvalue weighted by Crippen LogP contribution is -2.24. The molecule has 0 radical (unpaired) electrons. The summed E-state index contributed by atoms with van der Waals surface area (Å²) in [6.45, 7) is 0.447. The van der Waals surface area contributed by atoms with Gasteiger partial charge in [0.2, 0.25) is 5.91 Å². The van der Waals surface area contributed by atoms with E-state index in [1.54, 1.807) is 60.7 Å². The van der Waals surface area contributed by atoms with Crippen LogP contribution in [0.3, 0.4) is 0 Å². The highest BCUT2D eigenvalue weighted by molar-refractivity contribution is 5.91. The third kappa shape index (κ3) is 4.09. The second-order valence-electron chi connectivity index (χ2n) is 4.73. The van der Waals surface area contributed by atoms with Gasteiger partial charge in [0.15, 0.2) is 0 Å². The van der Waals surface area contributed by atoms with Crippen LogP contribution in [-0.4, -0.2) is 30.9 Å². The number of carbonyl (C=O) groups excluding carboxylic acids is 2. The van der Waals surface area contributed by atoms with E-state index in [-0.39, 0.29) is 11.9 Å². The number of carbonyl (C=O) groups is 2. The molecule has 0 fully saturated rings. The van der Waals surface area contributed by atoms with Crippen molar-refractivity contribution in [3.8, 4) is 0 Å². The predicted molar refractivity (Wildman–Crippen MR) is 82.0 cm³/mol. The van der Waals surface area contributed by atoms with Crippen molar-refractivity contribution in [2.24, 2.45) is 0 Å². The molecule has 0 aliphatic heterocycles. The quantitative estimate of drug-likeness (QED) is 0.629. The van der Waals surface area contributed by atoms with Crippen LogP contribution in [0.5, 0.6) is 0 Å². The molecule has 114 valence electrons. The van der Waals surface area contributed by atoms with Gasteiger partial charge in [-0.15, -0.1) is 0 Å². The van der Waals surface area contributed by atoms with E-state index in [1.807, 2.05) is 0 Å². The van der Waals surface area contributed by atoms with E-state index in [2.05, 4.69) is 4.74 Å². The first-order valence-corrected chi connectivity index (χ1v) is 6.74. The lowest BCUT2D eigenvalue weighted by molar-refractivity contribution is -0.125. The fourth-order valence-corrected chi connectivity index (χ4v) is 1.88. The van der Waals surface area contributed by atoms with Gasteiger partial charge in [0.25, 0.3) is 0 Å². The Morgan fingerprint density at radius 3 is 2.55 bits per heavy atom. The van der Waals surface area contributed by atoms with Crippen LogP contribution >= 0.6 is 0 Å². The van der Waals surface area contributed by atoms with Crippen molar-refractivity contribution >= 4 is 18.0 Å². The summed E-state index contributed by atoms with van der Waals surface area (Å²) in [5, 5.41) is 0. The Hall–Kier alpha value is -2.82. The van der Waals surface area contributed by atoms with Gasteiger partial charge >= 0.3 is 5.97 Å². The molecule has 1 amide bonds. The van der Waals surface area contributed by atoms with Gasteiger partial charge in [-0.3, -0.25) is 4.79 Å². The first-order valence-electron chi connectivity index (χ1n) is 6.74. The number of hydrogen-bond acceptors (Lipinski definition) is 4. The van der Waals surface area contributed by atoms with Crippen LogP contribution in [-0.2, 0) is 16.1 Å². The molecule has 1 heterocycles. The zero-order chi connectivity index (χ0) is 15.9. The van der Waals surface area contributed by atoms with E-state index in [9.17, 15) is 9.59 Å². The van der Waals surface area contributed by atoms with Crippen molar-refractivity contribution in [1.29, 1.82) is 0 Å². The van der Waals surface area contributed by atoms with Gasteiger partial charge in [-0.2, -0.15) is 0 Å². The SMILES string of the molecule is COC(=O)c1ccc(CN(C)C(=O)C=Cc2ccco2)cc1. The van der Waals surface area contributed by atoms with E-state index < -0.39 is 0 Å². The summed E-state index contributed by atoms with van der Waals surface area (Å²) in [7, 11) is 3.05. The predicted octanol–water partition coefficient (Wildman–Crippen LogP) is 2.74. The maximum absolute atomic E-state index is 12.0. The van der Waals surface area contributed by atoms with Crippen LogP contribution in [0.1, 0.15) is 21.7 Å². The van der Waals surface area contributed by atoms with Crippen molar-refractivity contribution in [2.75, 3.05) is 14.2 Å². The van der Waals surface area contributed by atoms with Gasteiger partial charge in [-0.25, -0.2) is 4.79 Å². The summed E-state index contributed by atoms with van der Waals surface area (Å²) in [5.74, 6) is 0.120. The second kappa shape index (κ2) is 7.26. The van der Waals surface area contributed by atoms with Crippen LogP contribution in [0.4, 0.5) is 0 Å². The molecular formula is C17H17NO4. The molecule has 2 rings (SSSR count). The molecule has 0 bridgehead atoms. The Morgan fingerprint density at radius 2 is 1.95 bits per heavy atom. The van der Waals surface area contributed by atoms with Gasteiger partial charge < -0.3 is 14.1 Å². The summed E-state index contributed by atoms with van der Waals surface area (Å²) in [5.41, 5.74) is 1.41. The Balaban J connectivity index is 1.94. The lowest BCUT2D eigenvalue weighted by atomic mass is 10.1. The molecule has 2 aromatic rings. The number of furan rings is 1. The molecule has 5 heteroatoms. The first-order chi connectivity index (χ1) is 10.6. The van der Waals surface area contributed by atoms with Crippen molar-refractivity contribution in [3.05, 3.63) is 65.6 Å². The highest BCUT2D eigenvalue weighted by Gasteiger charge is 2.08. The van der Waals surface area contributed by atoms with Crippen molar-refractivity contribution in [3.63, 3.8) is 0 Å². The average molecular weight is 299 g/mol. The molecule has 0 aliphatic carbocycles. The van der Waals surface area contributed by atoms with Gasteiger partial charge in [0.05, 0.1) is 18.9 Å². The number of hydrogen-bond donors (Lipinski definition) is 0. The summed E-state index contributed by atoms with van der Waals surface area (Å²) >= 11 is 0. The topological polar surface area (TPSA) is 59.8 Å². The normalized spacial score (nSPS) is 10.6. The molecule has 0 N–H and O–H groups in total. The molecule has 1 aromatic heterocycles. The van der Waals surface area contributed by atoms with Crippen LogP contribution in [0.2, 0.25) is 0 Å². The lowest BCUT2D eigenvalue weighted by Gasteiger charge is -2.15. The second-order valence-corrected chi connectivity index (χ2v) is 4.73. The fraction of sp³-hybridized carbons (Fsp3) is 0.176. The average Bonchev–Trinajstić information content (AvgIpc) is 3.06. The Morgan fingerprint density at radius 1 is 1.23 bits per heavy atom. The summed E-state index contributed by atoms with van der Waals surface area (Å²) in [6, 6.07) is 10.5. The van der Waals surface area contributed by atoms with Gasteiger partial charge in [-0.1, -0.05) is 12.1 Å².